The molecule has 0 radical (unpaired) electrons. The summed E-state index contributed by atoms with van der Waals surface area (Å²) in [4.78, 5) is 33.0. The molecule has 1 aromatic carbocycles. The number of pyridine rings is 1. The monoisotopic (exact) mass is 611 g/mol. The van der Waals surface area contributed by atoms with E-state index in [0.717, 1.165) is 30.2 Å². The molecule has 9 nitrogen and oxygen atoms in total. The first-order valence-electron chi connectivity index (χ1n) is 13.9. The highest BCUT2D eigenvalue weighted by molar-refractivity contribution is 5.77. The van der Waals surface area contributed by atoms with Gasteiger partial charge in [-0.2, -0.15) is 18.3 Å². The number of rotatable bonds is 9. The molecular weight excluding hydrogens is 585 g/mol. The number of hydrogen-bond donors (Lipinski definition) is 1. The third-order valence-electron chi connectivity index (χ3n) is 7.83. The summed E-state index contributed by atoms with van der Waals surface area (Å²) in [6, 6.07) is 11.0. The van der Waals surface area contributed by atoms with E-state index in [1.54, 1.807) is 6.92 Å². The number of hydrogen-bond acceptors (Lipinski definition) is 7. The standard InChI is InChI=1S/C30H26F5N7O2/c1-16(18-7-10-23(36-11-18)30(33,34)35)42-28-24(22(41-42)15-44-14-17-5-3-2-4-6-17)29(43)40-27(39-28)21-9-8-20(21)26-37-12-19(13-38-26)25(31)32/h2-7,10-13,16,20-21,25H,8-9,14-15H2,1H3,(H,39,40,43)/t16-,20?,21?/m0/s1. The van der Waals surface area contributed by atoms with Crippen LogP contribution in [0.25, 0.3) is 11.0 Å². The molecule has 1 aliphatic rings. The number of alkyl halides is 5. The Morgan fingerprint density at radius 3 is 2.27 bits per heavy atom. The van der Waals surface area contributed by atoms with Crippen LogP contribution >= 0.6 is 0 Å². The van der Waals surface area contributed by atoms with Gasteiger partial charge in [-0.25, -0.2) is 28.4 Å². The summed E-state index contributed by atoms with van der Waals surface area (Å²) < 4.78 is 72.7. The van der Waals surface area contributed by atoms with Crippen LogP contribution in [-0.4, -0.2) is 34.7 Å². The highest BCUT2D eigenvalue weighted by Crippen LogP contribution is 2.47. The molecule has 0 saturated heterocycles. The molecule has 1 N–H and O–H groups in total. The summed E-state index contributed by atoms with van der Waals surface area (Å²) in [6.45, 7) is 1.97. The summed E-state index contributed by atoms with van der Waals surface area (Å²) in [6.07, 6.45) is -2.63. The Hall–Kier alpha value is -4.59. The van der Waals surface area contributed by atoms with Crippen LogP contribution in [0.5, 0.6) is 0 Å². The van der Waals surface area contributed by atoms with Gasteiger partial charge in [-0.15, -0.1) is 0 Å². The summed E-state index contributed by atoms with van der Waals surface area (Å²) in [7, 11) is 0. The van der Waals surface area contributed by atoms with Crippen molar-refractivity contribution in [3.05, 3.63) is 111 Å². The van der Waals surface area contributed by atoms with Crippen LogP contribution in [0.3, 0.4) is 0 Å². The molecule has 3 atom stereocenters. The molecule has 0 bridgehead atoms. The number of halogens is 5. The fourth-order valence-electron chi connectivity index (χ4n) is 5.27. The van der Waals surface area contributed by atoms with Gasteiger partial charge in [0.2, 0.25) is 0 Å². The number of aromatic amines is 1. The number of fused-ring (bicyclic) bond motifs is 1. The summed E-state index contributed by atoms with van der Waals surface area (Å²) in [5, 5.41) is 4.84. The van der Waals surface area contributed by atoms with Crippen molar-refractivity contribution < 1.29 is 26.7 Å². The Morgan fingerprint density at radius 1 is 0.955 bits per heavy atom. The van der Waals surface area contributed by atoms with Crippen molar-refractivity contribution >= 4 is 11.0 Å². The molecule has 4 heterocycles. The lowest BCUT2D eigenvalue weighted by molar-refractivity contribution is -0.141. The van der Waals surface area contributed by atoms with E-state index in [1.165, 1.54) is 10.7 Å². The minimum Gasteiger partial charge on any atom is -0.370 e. The second-order valence-electron chi connectivity index (χ2n) is 10.6. The van der Waals surface area contributed by atoms with E-state index in [1.807, 2.05) is 30.3 Å². The lowest BCUT2D eigenvalue weighted by Gasteiger charge is -2.34. The first kappa shape index (κ1) is 29.5. The first-order valence-corrected chi connectivity index (χ1v) is 13.9. The van der Waals surface area contributed by atoms with Crippen molar-refractivity contribution in [3.8, 4) is 0 Å². The lowest BCUT2D eigenvalue weighted by atomic mass is 9.72. The van der Waals surface area contributed by atoms with E-state index in [-0.39, 0.29) is 41.6 Å². The Balaban J connectivity index is 1.36. The first-order chi connectivity index (χ1) is 21.1. The predicted octanol–water partition coefficient (Wildman–Crippen LogP) is 6.25. The number of benzene rings is 1. The zero-order valence-corrected chi connectivity index (χ0v) is 23.3. The maximum atomic E-state index is 13.5. The van der Waals surface area contributed by atoms with Crippen molar-refractivity contribution in [1.29, 1.82) is 0 Å². The highest BCUT2D eigenvalue weighted by Gasteiger charge is 2.38. The van der Waals surface area contributed by atoms with Crippen LogP contribution in [0.4, 0.5) is 22.0 Å². The molecular formula is C30H26F5N7O2. The average molecular weight is 612 g/mol. The van der Waals surface area contributed by atoms with E-state index in [4.69, 9.17) is 9.72 Å². The molecule has 0 amide bonds. The van der Waals surface area contributed by atoms with Gasteiger partial charge in [0, 0.05) is 30.4 Å². The van der Waals surface area contributed by atoms with Crippen LogP contribution in [0.1, 0.15) is 83.8 Å². The van der Waals surface area contributed by atoms with Gasteiger partial charge in [-0.3, -0.25) is 9.78 Å². The highest BCUT2D eigenvalue weighted by atomic mass is 19.4. The van der Waals surface area contributed by atoms with Gasteiger partial charge in [-0.05, 0) is 37.0 Å². The molecule has 1 fully saturated rings. The van der Waals surface area contributed by atoms with Crippen molar-refractivity contribution in [1.82, 2.24) is 34.7 Å². The largest absolute Gasteiger partial charge is 0.433 e. The Labute approximate surface area is 247 Å². The third-order valence-corrected chi connectivity index (χ3v) is 7.83. The van der Waals surface area contributed by atoms with E-state index >= 15 is 0 Å². The topological polar surface area (TPSA) is 111 Å². The third kappa shape index (κ3) is 5.81. The maximum absolute atomic E-state index is 13.5. The molecule has 0 spiro atoms. The Kier molecular flexibility index (Phi) is 7.93. The second kappa shape index (κ2) is 11.8. The van der Waals surface area contributed by atoms with Gasteiger partial charge in [-0.1, -0.05) is 36.4 Å². The lowest BCUT2D eigenvalue weighted by Crippen LogP contribution is -2.28. The normalized spacial score (nSPS) is 17.6. The maximum Gasteiger partial charge on any atom is 0.433 e. The molecule has 6 rings (SSSR count). The molecule has 4 aromatic heterocycles. The average Bonchev–Trinajstić information content (AvgIpc) is 3.35. The molecule has 14 heteroatoms. The quantitative estimate of drug-likeness (QED) is 0.196. The number of H-pyrrole nitrogens is 1. The van der Waals surface area contributed by atoms with Crippen LogP contribution in [0, 0.1) is 0 Å². The molecule has 1 saturated carbocycles. The van der Waals surface area contributed by atoms with Gasteiger partial charge in [0.1, 0.15) is 28.4 Å². The second-order valence-corrected chi connectivity index (χ2v) is 10.6. The Bertz CT molecular complexity index is 1810. The number of nitrogens with zero attached hydrogens (tertiary/aromatic N) is 6. The summed E-state index contributed by atoms with van der Waals surface area (Å²) in [5.74, 6) is 0.203. The molecule has 0 aliphatic heterocycles. The van der Waals surface area contributed by atoms with Gasteiger partial charge in [0.05, 0.1) is 24.8 Å². The zero-order chi connectivity index (χ0) is 31.0. The van der Waals surface area contributed by atoms with Crippen LogP contribution in [-0.2, 0) is 24.1 Å². The minimum atomic E-state index is -4.59. The fraction of sp³-hybridized carbons (Fsp3) is 0.333. The zero-order valence-electron chi connectivity index (χ0n) is 23.3. The molecule has 2 unspecified atom stereocenters. The van der Waals surface area contributed by atoms with Crippen LogP contribution in [0.15, 0.2) is 65.8 Å². The fourth-order valence-corrected chi connectivity index (χ4v) is 5.27. The summed E-state index contributed by atoms with van der Waals surface area (Å²) >= 11 is 0. The van der Waals surface area contributed by atoms with Crippen molar-refractivity contribution in [2.75, 3.05) is 0 Å². The van der Waals surface area contributed by atoms with E-state index in [0.29, 0.717) is 35.7 Å². The Morgan fingerprint density at radius 2 is 1.66 bits per heavy atom. The molecule has 5 aromatic rings. The van der Waals surface area contributed by atoms with Crippen LogP contribution in [0.2, 0.25) is 0 Å². The molecule has 228 valence electrons. The van der Waals surface area contributed by atoms with Crippen molar-refractivity contribution in [2.24, 2.45) is 0 Å². The number of ether oxygens (including phenoxy) is 1. The minimum absolute atomic E-state index is 0.0170. The van der Waals surface area contributed by atoms with E-state index < -0.39 is 29.9 Å². The van der Waals surface area contributed by atoms with Gasteiger partial charge >= 0.3 is 6.18 Å². The SMILES string of the molecule is C[C@@H](c1ccc(C(F)(F)F)nc1)n1nc(COCc2ccccc2)c2c(=O)[nH]c(C3CCC3c3ncc(C(F)F)cn3)nc21. The van der Waals surface area contributed by atoms with Crippen molar-refractivity contribution in [2.45, 2.75) is 63.5 Å². The van der Waals surface area contributed by atoms with Crippen LogP contribution < -0.4 is 5.56 Å². The number of nitrogens with one attached hydrogen (secondary N) is 1. The molecule has 44 heavy (non-hydrogen) atoms. The van der Waals surface area contributed by atoms with Gasteiger partial charge in [0.15, 0.2) is 5.65 Å². The van der Waals surface area contributed by atoms with Gasteiger partial charge in [0.25, 0.3) is 12.0 Å². The van der Waals surface area contributed by atoms with E-state index in [9.17, 15) is 26.7 Å². The molecule has 1 aliphatic carbocycles. The van der Waals surface area contributed by atoms with Gasteiger partial charge < -0.3 is 9.72 Å². The predicted molar refractivity (Wildman–Crippen MR) is 148 cm³/mol. The van der Waals surface area contributed by atoms with Crippen molar-refractivity contribution in [3.63, 3.8) is 0 Å². The van der Waals surface area contributed by atoms with E-state index in [2.05, 4.69) is 25.0 Å². The summed E-state index contributed by atoms with van der Waals surface area (Å²) in [5.41, 5.74) is 0.145. The number of aromatic nitrogens is 7. The smallest absolute Gasteiger partial charge is 0.370 e.